The number of carboxylic acid groups (broad SMARTS) is 2. The SMILES string of the molecule is CC(C)(O/N=C(\C(=O)NC1C(=O)N2C(C(=O)O)=C(CN3C(=O)c4cc(Br)c(O)c(O)c4C3=O)CS[C@@H]12)c1csc(N)n1)C(=O)O. The number of phenols is 2. The molecule has 0 bridgehead atoms. The fourth-order valence-electron chi connectivity index (χ4n) is 4.53. The minimum atomic E-state index is -1.83. The van der Waals surface area contributed by atoms with E-state index >= 15 is 0 Å². The number of thiazole rings is 1. The van der Waals surface area contributed by atoms with Gasteiger partial charge in [0.1, 0.15) is 22.8 Å². The van der Waals surface area contributed by atoms with Crippen molar-refractivity contribution in [2.75, 3.05) is 18.0 Å². The Morgan fingerprint density at radius 2 is 1.89 bits per heavy atom. The minimum absolute atomic E-state index is 0.0312. The third-order valence-electron chi connectivity index (χ3n) is 6.91. The number of oxime groups is 1. The Kier molecular flexibility index (Phi) is 8.00. The van der Waals surface area contributed by atoms with Crippen molar-refractivity contribution in [3.05, 3.63) is 44.0 Å². The molecule has 3 aliphatic heterocycles. The van der Waals surface area contributed by atoms with Crippen molar-refractivity contribution in [2.24, 2.45) is 5.16 Å². The molecule has 1 unspecified atom stereocenters. The number of aliphatic carboxylic acids is 2. The van der Waals surface area contributed by atoms with Crippen molar-refractivity contribution in [3.63, 3.8) is 0 Å². The highest BCUT2D eigenvalue weighted by atomic mass is 79.9. The highest BCUT2D eigenvalue weighted by molar-refractivity contribution is 9.10. The molecule has 4 heterocycles. The average Bonchev–Trinajstić information content (AvgIpc) is 3.50. The molecule has 1 aromatic carbocycles. The van der Waals surface area contributed by atoms with E-state index in [9.17, 15) is 49.2 Å². The summed E-state index contributed by atoms with van der Waals surface area (Å²) in [6, 6.07) is -0.0936. The lowest BCUT2D eigenvalue weighted by atomic mass is 10.0. The molecule has 0 saturated carbocycles. The topological polar surface area (TPSA) is 262 Å². The molecule has 5 rings (SSSR count). The molecule has 0 radical (unpaired) electrons. The number of nitrogens with one attached hydrogen (secondary N) is 1. The van der Waals surface area contributed by atoms with Gasteiger partial charge in [-0.2, -0.15) is 0 Å². The first kappa shape index (κ1) is 31.7. The second kappa shape index (κ2) is 11.3. The van der Waals surface area contributed by atoms with Crippen LogP contribution in [-0.4, -0.2) is 106 Å². The summed E-state index contributed by atoms with van der Waals surface area (Å²) in [5.74, 6) is -8.07. The number of nitrogens with two attached hydrogens (primary N) is 1. The van der Waals surface area contributed by atoms with Crippen LogP contribution in [0.1, 0.15) is 40.3 Å². The second-order valence-corrected chi connectivity index (χ2v) is 13.1. The van der Waals surface area contributed by atoms with Crippen LogP contribution < -0.4 is 11.1 Å². The van der Waals surface area contributed by atoms with Crippen molar-refractivity contribution in [1.82, 2.24) is 20.1 Å². The van der Waals surface area contributed by atoms with E-state index in [0.717, 1.165) is 34.1 Å². The molecule has 7 N–H and O–H groups in total. The number of amides is 4. The van der Waals surface area contributed by atoms with E-state index in [1.54, 1.807) is 0 Å². The van der Waals surface area contributed by atoms with Crippen LogP contribution in [0, 0.1) is 0 Å². The van der Waals surface area contributed by atoms with Crippen LogP contribution in [0.5, 0.6) is 11.5 Å². The van der Waals surface area contributed by atoms with Crippen LogP contribution in [0.25, 0.3) is 0 Å². The largest absolute Gasteiger partial charge is 0.504 e. The number of phenolic OH excluding ortho intramolecular Hbond substituents is 2. The highest BCUT2D eigenvalue weighted by Crippen LogP contribution is 2.44. The highest BCUT2D eigenvalue weighted by Gasteiger charge is 2.55. The molecule has 45 heavy (non-hydrogen) atoms. The molecule has 0 spiro atoms. The number of carbonyl (C=O) groups excluding carboxylic acids is 4. The summed E-state index contributed by atoms with van der Waals surface area (Å²) in [5.41, 5.74) is 2.17. The van der Waals surface area contributed by atoms with Gasteiger partial charge in [0.25, 0.3) is 23.6 Å². The predicted molar refractivity (Wildman–Crippen MR) is 158 cm³/mol. The maximum atomic E-state index is 13.3. The molecule has 2 atom stereocenters. The first-order chi connectivity index (χ1) is 21.0. The standard InChI is InChI=1S/C25H21BrN6O11S2/c1-25(2,23(41)42)43-30-12(10-6-45-24(27)28-10)17(35)29-13-20(38)32-14(22(39)40)7(5-44-21(13)32)4-31-18(36)8-3-9(26)15(33)16(34)11(8)19(31)37/h3,6,13,21,33-34H,4-5H2,1-2H3,(H2,27,28)(H,29,35)(H,39,40)(H,41,42)/b30-12-/t13?,21-/m0/s1. The fraction of sp³-hybridized carbons (Fsp3) is 0.280. The van der Waals surface area contributed by atoms with E-state index in [0.29, 0.717) is 4.90 Å². The minimum Gasteiger partial charge on any atom is -0.504 e. The summed E-state index contributed by atoms with van der Waals surface area (Å²) >= 11 is 5.00. The lowest BCUT2D eigenvalue weighted by molar-refractivity contribution is -0.161. The maximum Gasteiger partial charge on any atom is 0.352 e. The van der Waals surface area contributed by atoms with Crippen molar-refractivity contribution >= 4 is 85.4 Å². The van der Waals surface area contributed by atoms with Gasteiger partial charge < -0.3 is 36.3 Å². The van der Waals surface area contributed by atoms with E-state index in [1.807, 2.05) is 0 Å². The first-order valence-electron chi connectivity index (χ1n) is 12.6. The van der Waals surface area contributed by atoms with Gasteiger partial charge >= 0.3 is 11.9 Å². The summed E-state index contributed by atoms with van der Waals surface area (Å²) < 4.78 is -0.0360. The number of nitrogen functional groups attached to an aromatic ring is 1. The quantitative estimate of drug-likeness (QED) is 0.0677. The van der Waals surface area contributed by atoms with Crippen LogP contribution in [0.3, 0.4) is 0 Å². The van der Waals surface area contributed by atoms with Crippen LogP contribution >= 0.6 is 39.0 Å². The van der Waals surface area contributed by atoms with Crippen molar-refractivity contribution in [3.8, 4) is 11.5 Å². The van der Waals surface area contributed by atoms with Gasteiger partial charge in [-0.15, -0.1) is 23.1 Å². The lowest BCUT2D eigenvalue weighted by Gasteiger charge is -2.49. The van der Waals surface area contributed by atoms with Gasteiger partial charge in [-0.1, -0.05) is 5.16 Å². The van der Waals surface area contributed by atoms with Crippen LogP contribution in [0.4, 0.5) is 5.13 Å². The van der Waals surface area contributed by atoms with E-state index in [-0.39, 0.29) is 32.2 Å². The molecular formula is C25H21BrN6O11S2. The molecule has 17 nitrogen and oxygen atoms in total. The number of carboxylic acids is 2. The Morgan fingerprint density at radius 3 is 2.49 bits per heavy atom. The fourth-order valence-corrected chi connectivity index (χ4v) is 6.83. The zero-order valence-corrected chi connectivity index (χ0v) is 26.1. The molecule has 236 valence electrons. The molecule has 1 saturated heterocycles. The normalized spacial score (nSPS) is 19.7. The van der Waals surface area contributed by atoms with Gasteiger partial charge in [-0.05, 0) is 41.4 Å². The number of imide groups is 1. The van der Waals surface area contributed by atoms with Crippen LogP contribution in [0.2, 0.25) is 0 Å². The summed E-state index contributed by atoms with van der Waals surface area (Å²) in [5, 5.41) is 46.2. The second-order valence-electron chi connectivity index (χ2n) is 10.2. The van der Waals surface area contributed by atoms with E-state index in [4.69, 9.17) is 10.6 Å². The Labute approximate surface area is 268 Å². The van der Waals surface area contributed by atoms with E-state index in [2.05, 4.69) is 31.4 Å². The smallest absolute Gasteiger partial charge is 0.352 e. The molecule has 1 fully saturated rings. The van der Waals surface area contributed by atoms with Crippen LogP contribution in [0.15, 0.2) is 32.3 Å². The molecule has 3 aliphatic rings. The van der Waals surface area contributed by atoms with Gasteiger partial charge in [0.05, 0.1) is 22.1 Å². The third-order valence-corrected chi connectivity index (χ3v) is 9.53. The van der Waals surface area contributed by atoms with Gasteiger partial charge in [0.2, 0.25) is 5.60 Å². The number of hydrogen-bond acceptors (Lipinski definition) is 14. The molecule has 0 aliphatic carbocycles. The molecule has 20 heteroatoms. The number of halogens is 1. The van der Waals surface area contributed by atoms with E-state index in [1.165, 1.54) is 19.2 Å². The third kappa shape index (κ3) is 5.33. The summed E-state index contributed by atoms with van der Waals surface area (Å²) in [6.45, 7) is 1.85. The summed E-state index contributed by atoms with van der Waals surface area (Å²) in [4.78, 5) is 86.9. The number of thioether (sulfide) groups is 1. The number of anilines is 1. The van der Waals surface area contributed by atoms with Crippen LogP contribution in [-0.2, 0) is 24.0 Å². The van der Waals surface area contributed by atoms with Crippen molar-refractivity contribution in [2.45, 2.75) is 30.9 Å². The van der Waals surface area contributed by atoms with Gasteiger partial charge in [0.15, 0.2) is 22.3 Å². The van der Waals surface area contributed by atoms with Gasteiger partial charge in [0, 0.05) is 11.1 Å². The lowest BCUT2D eigenvalue weighted by Crippen LogP contribution is -2.71. The molecule has 1 aromatic heterocycles. The number of hydrogen-bond donors (Lipinski definition) is 6. The molecular weight excluding hydrogens is 704 g/mol. The summed E-state index contributed by atoms with van der Waals surface area (Å²) in [6.07, 6.45) is 0. The Hall–Kier alpha value is -4.69. The van der Waals surface area contributed by atoms with Crippen molar-refractivity contribution in [1.29, 1.82) is 0 Å². The van der Waals surface area contributed by atoms with E-state index < -0.39 is 87.6 Å². The monoisotopic (exact) mass is 724 g/mol. The zero-order chi connectivity index (χ0) is 33.1. The Morgan fingerprint density at radius 1 is 1.20 bits per heavy atom. The molecule has 4 amide bonds. The Bertz CT molecular complexity index is 1790. The maximum absolute atomic E-state index is 13.3. The zero-order valence-electron chi connectivity index (χ0n) is 22.9. The summed E-state index contributed by atoms with van der Waals surface area (Å²) in [7, 11) is 0. The average molecular weight is 726 g/mol. The van der Waals surface area contributed by atoms with Gasteiger partial charge in [-0.25, -0.2) is 14.6 Å². The van der Waals surface area contributed by atoms with Gasteiger partial charge in [-0.3, -0.25) is 29.0 Å². The number of benzene rings is 1. The van der Waals surface area contributed by atoms with Crippen molar-refractivity contribution < 1.29 is 54.0 Å². The number of aromatic nitrogens is 1. The number of rotatable bonds is 9. The first-order valence-corrected chi connectivity index (χ1v) is 15.3. The number of fused-ring (bicyclic) bond motifs is 2. The Balaban J connectivity index is 1.38. The molecule has 2 aromatic rings. The number of carbonyl (C=O) groups is 6. The predicted octanol–water partition coefficient (Wildman–Crippen LogP) is 0.518. The number of β-lactam (4-membered cyclic amide) rings is 1. The number of aromatic hydroxyl groups is 2. The number of nitrogens with zero attached hydrogens (tertiary/aromatic N) is 4.